The Hall–Kier alpha value is -2.95. The Morgan fingerprint density at radius 3 is 2.31 bits per heavy atom. The summed E-state index contributed by atoms with van der Waals surface area (Å²) in [6.07, 6.45) is 1.46. The number of hydrogen-bond acceptors (Lipinski definition) is 3. The molecule has 3 aromatic rings. The minimum Gasteiger partial charge on any atom is -0.347 e. The van der Waals surface area contributed by atoms with Crippen molar-refractivity contribution in [1.82, 2.24) is 14.9 Å². The van der Waals surface area contributed by atoms with Gasteiger partial charge in [-0.1, -0.05) is 64.1 Å². The molecule has 1 heterocycles. The van der Waals surface area contributed by atoms with E-state index in [0.29, 0.717) is 16.8 Å². The number of carbonyl (C=O) groups is 1. The maximum atomic E-state index is 12.8. The molecule has 0 saturated heterocycles. The topological polar surface area (TPSA) is 64.0 Å². The highest BCUT2D eigenvalue weighted by molar-refractivity contribution is 5.81. The molecule has 152 valence electrons. The molecule has 3 rings (SSSR count). The highest BCUT2D eigenvalue weighted by Crippen LogP contribution is 2.24. The van der Waals surface area contributed by atoms with Crippen molar-refractivity contribution < 1.29 is 4.79 Å². The molecule has 2 aromatic carbocycles. The molecule has 1 atom stereocenters. The Morgan fingerprint density at radius 1 is 1.03 bits per heavy atom. The molecule has 0 fully saturated rings. The average molecular weight is 392 g/mol. The quantitative estimate of drug-likeness (QED) is 0.680. The molecule has 0 aliphatic rings. The summed E-state index contributed by atoms with van der Waals surface area (Å²) in [5.74, 6) is 0.484. The summed E-state index contributed by atoms with van der Waals surface area (Å²) in [4.78, 5) is 29.9. The molecule has 5 heteroatoms. The van der Waals surface area contributed by atoms with E-state index >= 15 is 0 Å². The lowest BCUT2D eigenvalue weighted by Crippen LogP contribution is -2.36. The van der Waals surface area contributed by atoms with Crippen LogP contribution in [0.4, 0.5) is 0 Å². The number of fused-ring (bicyclic) bond motifs is 1. The van der Waals surface area contributed by atoms with Gasteiger partial charge in [0.05, 0.1) is 23.3 Å². The highest BCUT2D eigenvalue weighted by atomic mass is 16.2. The van der Waals surface area contributed by atoms with Crippen LogP contribution in [0.3, 0.4) is 0 Å². The summed E-state index contributed by atoms with van der Waals surface area (Å²) >= 11 is 0. The van der Waals surface area contributed by atoms with Crippen molar-refractivity contribution in [2.75, 3.05) is 0 Å². The third-order valence-corrected chi connectivity index (χ3v) is 5.31. The number of para-hydroxylation sites is 1. The van der Waals surface area contributed by atoms with Crippen molar-refractivity contribution in [3.63, 3.8) is 0 Å². The number of hydrogen-bond donors (Lipinski definition) is 1. The maximum Gasteiger partial charge on any atom is 0.261 e. The lowest BCUT2D eigenvalue weighted by Gasteiger charge is -2.23. The van der Waals surface area contributed by atoms with E-state index < -0.39 is 0 Å². The molecular weight excluding hydrogens is 362 g/mol. The first kappa shape index (κ1) is 20.8. The van der Waals surface area contributed by atoms with Gasteiger partial charge in [0, 0.05) is 0 Å². The van der Waals surface area contributed by atoms with Gasteiger partial charge in [-0.05, 0) is 41.5 Å². The van der Waals surface area contributed by atoms with Gasteiger partial charge in [0.2, 0.25) is 5.91 Å². The molecule has 0 spiro atoms. The van der Waals surface area contributed by atoms with Gasteiger partial charge in [0.25, 0.3) is 5.56 Å². The zero-order valence-electron chi connectivity index (χ0n) is 17.8. The van der Waals surface area contributed by atoms with Crippen LogP contribution < -0.4 is 10.9 Å². The van der Waals surface area contributed by atoms with Crippen LogP contribution in [0, 0.1) is 12.8 Å². The lowest BCUT2D eigenvalue weighted by atomic mass is 9.93. The average Bonchev–Trinajstić information content (AvgIpc) is 2.68. The van der Waals surface area contributed by atoms with Gasteiger partial charge in [0.15, 0.2) is 0 Å². The van der Waals surface area contributed by atoms with E-state index in [-0.39, 0.29) is 30.0 Å². The van der Waals surface area contributed by atoms with Gasteiger partial charge in [-0.15, -0.1) is 0 Å². The zero-order valence-corrected chi connectivity index (χ0v) is 17.8. The number of nitrogens with one attached hydrogen (secondary N) is 1. The fraction of sp³-hybridized carbons (Fsp3) is 0.375. The van der Waals surface area contributed by atoms with E-state index in [4.69, 9.17) is 0 Å². The van der Waals surface area contributed by atoms with Crippen LogP contribution in [-0.2, 0) is 11.3 Å². The molecule has 1 unspecified atom stereocenters. The molecule has 0 saturated carbocycles. The van der Waals surface area contributed by atoms with Gasteiger partial charge in [-0.25, -0.2) is 4.98 Å². The van der Waals surface area contributed by atoms with Crippen LogP contribution in [0.15, 0.2) is 53.6 Å². The molecule has 0 bridgehead atoms. The molecule has 1 aromatic heterocycles. The second-order valence-electron chi connectivity index (χ2n) is 8.26. The van der Waals surface area contributed by atoms with E-state index in [1.807, 2.05) is 19.1 Å². The summed E-state index contributed by atoms with van der Waals surface area (Å²) < 4.78 is 1.37. The second-order valence-corrected chi connectivity index (χ2v) is 8.26. The third-order valence-electron chi connectivity index (χ3n) is 5.31. The number of aryl methyl sites for hydroxylation is 1. The van der Waals surface area contributed by atoms with E-state index in [2.05, 4.69) is 62.3 Å². The Morgan fingerprint density at radius 2 is 1.69 bits per heavy atom. The molecule has 0 aliphatic heterocycles. The maximum absolute atomic E-state index is 12.8. The number of rotatable bonds is 6. The first-order chi connectivity index (χ1) is 13.8. The van der Waals surface area contributed by atoms with Crippen LogP contribution in [0.1, 0.15) is 56.3 Å². The van der Waals surface area contributed by atoms with Gasteiger partial charge in [-0.3, -0.25) is 14.2 Å². The van der Waals surface area contributed by atoms with Crippen molar-refractivity contribution in [1.29, 1.82) is 0 Å². The van der Waals surface area contributed by atoms with Gasteiger partial charge >= 0.3 is 0 Å². The summed E-state index contributed by atoms with van der Waals surface area (Å²) in [5.41, 5.74) is 3.76. The molecule has 0 radical (unpaired) electrons. The molecule has 1 amide bonds. The third kappa shape index (κ3) is 4.56. The summed E-state index contributed by atoms with van der Waals surface area (Å²) in [5, 5.41) is 3.62. The Bertz CT molecular complexity index is 1070. The Balaban J connectivity index is 1.80. The Kier molecular flexibility index (Phi) is 6.16. The second kappa shape index (κ2) is 8.60. The number of benzene rings is 2. The molecule has 29 heavy (non-hydrogen) atoms. The molecule has 1 N–H and O–H groups in total. The summed E-state index contributed by atoms with van der Waals surface area (Å²) in [6, 6.07) is 13.8. The standard InChI is InChI=1S/C24H29N3O2/c1-15(2)18-9-11-19(12-10-18)22(16(3)4)26-21(28)13-27-14-25-23-17(5)7-6-8-20(23)24(27)29/h6-12,14-16,22H,13H2,1-5H3,(H,26,28). The first-order valence-electron chi connectivity index (χ1n) is 10.1. The van der Waals surface area contributed by atoms with Crippen molar-refractivity contribution in [3.8, 4) is 0 Å². The minimum absolute atomic E-state index is 0.0526. The van der Waals surface area contributed by atoms with Crippen LogP contribution in [0.5, 0.6) is 0 Å². The minimum atomic E-state index is -0.201. The van der Waals surface area contributed by atoms with Crippen LogP contribution in [0.2, 0.25) is 0 Å². The molecule has 5 nitrogen and oxygen atoms in total. The van der Waals surface area contributed by atoms with E-state index in [1.165, 1.54) is 16.5 Å². The predicted molar refractivity (Wildman–Crippen MR) is 117 cm³/mol. The predicted octanol–water partition coefficient (Wildman–Crippen LogP) is 4.34. The fourth-order valence-corrected chi connectivity index (χ4v) is 3.55. The normalized spacial score (nSPS) is 12.5. The van der Waals surface area contributed by atoms with Crippen molar-refractivity contribution in [3.05, 3.63) is 75.8 Å². The van der Waals surface area contributed by atoms with E-state index in [1.54, 1.807) is 6.07 Å². The zero-order chi connectivity index (χ0) is 21.1. The van der Waals surface area contributed by atoms with Gasteiger partial charge in [-0.2, -0.15) is 0 Å². The van der Waals surface area contributed by atoms with Crippen LogP contribution >= 0.6 is 0 Å². The number of carbonyl (C=O) groups excluding carboxylic acids is 1. The smallest absolute Gasteiger partial charge is 0.261 e. The monoisotopic (exact) mass is 391 g/mol. The first-order valence-corrected chi connectivity index (χ1v) is 10.1. The van der Waals surface area contributed by atoms with Crippen LogP contribution in [0.25, 0.3) is 10.9 Å². The number of nitrogens with zero attached hydrogens (tertiary/aromatic N) is 2. The highest BCUT2D eigenvalue weighted by Gasteiger charge is 2.19. The van der Waals surface area contributed by atoms with Crippen molar-refractivity contribution in [2.45, 2.75) is 53.1 Å². The largest absolute Gasteiger partial charge is 0.347 e. The van der Waals surface area contributed by atoms with Gasteiger partial charge in [0.1, 0.15) is 6.54 Å². The van der Waals surface area contributed by atoms with Crippen molar-refractivity contribution in [2.24, 2.45) is 5.92 Å². The lowest BCUT2D eigenvalue weighted by molar-refractivity contribution is -0.122. The Labute approximate surface area is 171 Å². The summed E-state index contributed by atoms with van der Waals surface area (Å²) in [7, 11) is 0. The van der Waals surface area contributed by atoms with E-state index in [0.717, 1.165) is 11.1 Å². The van der Waals surface area contributed by atoms with E-state index in [9.17, 15) is 9.59 Å². The SMILES string of the molecule is Cc1cccc2c(=O)n(CC(=O)NC(c3ccc(C(C)C)cc3)C(C)C)cnc12. The number of aromatic nitrogens is 2. The fourth-order valence-electron chi connectivity index (χ4n) is 3.55. The van der Waals surface area contributed by atoms with Gasteiger partial charge < -0.3 is 5.32 Å². The number of amides is 1. The molecule has 0 aliphatic carbocycles. The summed E-state index contributed by atoms with van der Waals surface area (Å²) in [6.45, 7) is 10.3. The van der Waals surface area contributed by atoms with Crippen LogP contribution in [-0.4, -0.2) is 15.5 Å². The van der Waals surface area contributed by atoms with Crippen molar-refractivity contribution >= 4 is 16.8 Å². The molecular formula is C24H29N3O2.